The van der Waals surface area contributed by atoms with Gasteiger partial charge in [-0.15, -0.1) is 23.1 Å². The van der Waals surface area contributed by atoms with Crippen LogP contribution in [0.2, 0.25) is 0 Å². The maximum absolute atomic E-state index is 12.7. The lowest BCUT2D eigenvalue weighted by molar-refractivity contribution is 0.0994. The van der Waals surface area contributed by atoms with Gasteiger partial charge in [-0.1, -0.05) is 0 Å². The number of aromatic nitrogens is 2. The van der Waals surface area contributed by atoms with Gasteiger partial charge in [0.25, 0.3) is 5.91 Å². The molecule has 0 spiro atoms. The third-order valence-electron chi connectivity index (χ3n) is 4.26. The lowest BCUT2D eigenvalue weighted by atomic mass is 10.3. The molecular formula is C18H17N5OS2. The molecule has 0 bridgehead atoms. The third-order valence-corrected chi connectivity index (χ3v) is 5.99. The molecular weight excluding hydrogens is 366 g/mol. The van der Waals surface area contributed by atoms with Gasteiger partial charge in [0.2, 0.25) is 5.95 Å². The van der Waals surface area contributed by atoms with E-state index in [9.17, 15) is 4.79 Å². The van der Waals surface area contributed by atoms with Crippen LogP contribution in [-0.2, 0) is 0 Å². The number of amides is 1. The summed E-state index contributed by atoms with van der Waals surface area (Å²) >= 11 is 3.22. The van der Waals surface area contributed by atoms with Gasteiger partial charge in [-0.3, -0.25) is 4.79 Å². The molecule has 0 saturated carbocycles. The van der Waals surface area contributed by atoms with E-state index in [2.05, 4.69) is 15.3 Å². The summed E-state index contributed by atoms with van der Waals surface area (Å²) in [6.45, 7) is 0. The summed E-state index contributed by atoms with van der Waals surface area (Å²) in [7, 11) is 3.67. The van der Waals surface area contributed by atoms with Crippen molar-refractivity contribution in [3.05, 3.63) is 47.5 Å². The summed E-state index contributed by atoms with van der Waals surface area (Å²) < 4.78 is 0. The molecule has 1 aliphatic rings. The van der Waals surface area contributed by atoms with E-state index < -0.39 is 0 Å². The molecule has 1 N–H and O–H groups in total. The number of carbonyl (C=O) groups excluding carboxylic acids is 1. The van der Waals surface area contributed by atoms with E-state index >= 15 is 0 Å². The zero-order chi connectivity index (χ0) is 18.3. The van der Waals surface area contributed by atoms with Crippen molar-refractivity contribution in [2.75, 3.05) is 35.5 Å². The molecule has 3 aromatic rings. The number of anilines is 5. The average Bonchev–Trinajstić information content (AvgIpc) is 3.14. The molecule has 0 unspecified atom stereocenters. The fourth-order valence-corrected chi connectivity index (χ4v) is 4.09. The maximum Gasteiger partial charge on any atom is 0.261 e. The largest absolute Gasteiger partial charge is 0.324 e. The first kappa shape index (κ1) is 16.9. The van der Waals surface area contributed by atoms with Crippen molar-refractivity contribution in [1.82, 2.24) is 9.97 Å². The van der Waals surface area contributed by atoms with Crippen molar-refractivity contribution < 1.29 is 4.79 Å². The summed E-state index contributed by atoms with van der Waals surface area (Å²) in [6, 6.07) is 9.94. The molecule has 0 aliphatic carbocycles. The number of nitrogens with zero attached hydrogens (tertiary/aromatic N) is 4. The number of hydrogen-bond donors (Lipinski definition) is 1. The summed E-state index contributed by atoms with van der Waals surface area (Å²) in [4.78, 5) is 26.5. The predicted octanol–water partition coefficient (Wildman–Crippen LogP) is 4.36. The van der Waals surface area contributed by atoms with Gasteiger partial charge in [0, 0.05) is 24.7 Å². The number of thiophene rings is 1. The summed E-state index contributed by atoms with van der Waals surface area (Å²) in [5, 5.41) is 6.04. The molecule has 3 heterocycles. The Morgan fingerprint density at radius 3 is 2.62 bits per heavy atom. The monoisotopic (exact) mass is 383 g/mol. The van der Waals surface area contributed by atoms with Gasteiger partial charge in [-0.2, -0.15) is 4.98 Å². The number of carbonyl (C=O) groups is 1. The minimum Gasteiger partial charge on any atom is -0.324 e. The number of thioether (sulfide) groups is 1. The Kier molecular flexibility index (Phi) is 4.29. The molecule has 1 aliphatic heterocycles. The molecule has 4 rings (SSSR count). The molecule has 132 valence electrons. The van der Waals surface area contributed by atoms with Gasteiger partial charge in [0.15, 0.2) is 5.82 Å². The Labute approximate surface area is 159 Å². The topological polar surface area (TPSA) is 61.4 Å². The number of hydrogen-bond acceptors (Lipinski definition) is 7. The van der Waals surface area contributed by atoms with E-state index in [0.29, 0.717) is 23.0 Å². The zero-order valence-electron chi connectivity index (χ0n) is 14.6. The highest BCUT2D eigenvalue weighted by Gasteiger charge is 2.29. The fourth-order valence-electron chi connectivity index (χ4n) is 2.82. The summed E-state index contributed by atoms with van der Waals surface area (Å²) in [5.41, 5.74) is 2.28. The second-order valence-corrected chi connectivity index (χ2v) is 7.59. The van der Waals surface area contributed by atoms with Crippen molar-refractivity contribution in [2.24, 2.45) is 0 Å². The second-order valence-electron chi connectivity index (χ2n) is 5.82. The van der Waals surface area contributed by atoms with Gasteiger partial charge in [-0.25, -0.2) is 4.98 Å². The standard InChI is InChI=1S/C18H17N5OS2/c1-22-14-10-19-18(20-11-4-6-12(25-3)7-5-11)21-15(14)23(2)17-13(16(22)24)8-9-26-17/h4-10H,1-3H3,(H,19,20,21). The van der Waals surface area contributed by atoms with E-state index in [1.807, 2.05) is 53.9 Å². The first-order valence-corrected chi connectivity index (χ1v) is 10.1. The Balaban J connectivity index is 1.72. The van der Waals surface area contributed by atoms with Crippen LogP contribution >= 0.6 is 23.1 Å². The molecule has 2 aromatic heterocycles. The Morgan fingerprint density at radius 1 is 1.12 bits per heavy atom. The SMILES string of the molecule is CSc1ccc(Nc2ncc3c(n2)N(C)c2sccc2C(=O)N3C)cc1. The van der Waals surface area contributed by atoms with Crippen molar-refractivity contribution in [3.8, 4) is 0 Å². The van der Waals surface area contributed by atoms with Crippen LogP contribution in [0.25, 0.3) is 0 Å². The zero-order valence-corrected chi connectivity index (χ0v) is 16.2. The highest BCUT2D eigenvalue weighted by molar-refractivity contribution is 7.98. The van der Waals surface area contributed by atoms with Crippen molar-refractivity contribution in [1.29, 1.82) is 0 Å². The molecule has 6 nitrogen and oxygen atoms in total. The van der Waals surface area contributed by atoms with E-state index in [1.54, 1.807) is 29.9 Å². The first-order valence-electron chi connectivity index (χ1n) is 7.96. The molecule has 1 aromatic carbocycles. The number of fused-ring (bicyclic) bond motifs is 2. The highest BCUT2D eigenvalue weighted by atomic mass is 32.2. The second kappa shape index (κ2) is 6.62. The van der Waals surface area contributed by atoms with E-state index in [0.717, 1.165) is 10.7 Å². The lowest BCUT2D eigenvalue weighted by Gasteiger charge is -2.20. The molecule has 0 radical (unpaired) electrons. The minimum absolute atomic E-state index is 0.0520. The van der Waals surface area contributed by atoms with Crippen LogP contribution < -0.4 is 15.1 Å². The molecule has 0 atom stereocenters. The van der Waals surface area contributed by atoms with Crippen LogP contribution in [0, 0.1) is 0 Å². The fraction of sp³-hybridized carbons (Fsp3) is 0.167. The van der Waals surface area contributed by atoms with Gasteiger partial charge < -0.3 is 15.1 Å². The van der Waals surface area contributed by atoms with Crippen LogP contribution in [-0.4, -0.2) is 36.2 Å². The smallest absolute Gasteiger partial charge is 0.261 e. The van der Waals surface area contributed by atoms with Crippen LogP contribution in [0.1, 0.15) is 10.4 Å². The van der Waals surface area contributed by atoms with Gasteiger partial charge in [0.05, 0.1) is 11.8 Å². The van der Waals surface area contributed by atoms with Crippen LogP contribution in [0.15, 0.2) is 46.8 Å². The summed E-state index contributed by atoms with van der Waals surface area (Å²) in [6.07, 6.45) is 3.73. The third kappa shape index (κ3) is 2.81. The average molecular weight is 384 g/mol. The number of benzene rings is 1. The van der Waals surface area contributed by atoms with Gasteiger partial charge in [0.1, 0.15) is 10.7 Å². The molecule has 1 amide bonds. The molecule has 0 fully saturated rings. The van der Waals surface area contributed by atoms with E-state index in [1.165, 1.54) is 16.2 Å². The Morgan fingerprint density at radius 2 is 1.88 bits per heavy atom. The van der Waals surface area contributed by atoms with Crippen LogP contribution in [0.3, 0.4) is 0 Å². The van der Waals surface area contributed by atoms with Crippen LogP contribution in [0.4, 0.5) is 28.1 Å². The quantitative estimate of drug-likeness (QED) is 0.678. The minimum atomic E-state index is -0.0520. The Bertz CT molecular complexity index is 970. The van der Waals surface area contributed by atoms with Gasteiger partial charge in [-0.05, 0) is 42.0 Å². The highest BCUT2D eigenvalue weighted by Crippen LogP contribution is 2.40. The van der Waals surface area contributed by atoms with Crippen molar-refractivity contribution in [2.45, 2.75) is 4.90 Å². The first-order chi connectivity index (χ1) is 12.6. The maximum atomic E-state index is 12.7. The normalized spacial score (nSPS) is 13.3. The predicted molar refractivity (Wildman–Crippen MR) is 109 cm³/mol. The van der Waals surface area contributed by atoms with Gasteiger partial charge >= 0.3 is 0 Å². The van der Waals surface area contributed by atoms with Crippen molar-refractivity contribution >= 4 is 57.1 Å². The number of nitrogens with one attached hydrogen (secondary N) is 1. The molecule has 26 heavy (non-hydrogen) atoms. The summed E-state index contributed by atoms with van der Waals surface area (Å²) in [5.74, 6) is 1.14. The molecule has 8 heteroatoms. The van der Waals surface area contributed by atoms with E-state index in [-0.39, 0.29) is 5.91 Å². The van der Waals surface area contributed by atoms with E-state index in [4.69, 9.17) is 0 Å². The van der Waals surface area contributed by atoms with Crippen LogP contribution in [0.5, 0.6) is 0 Å². The lowest BCUT2D eigenvalue weighted by Crippen LogP contribution is -2.25. The molecule has 0 saturated heterocycles. The van der Waals surface area contributed by atoms with Crippen molar-refractivity contribution in [3.63, 3.8) is 0 Å². The number of rotatable bonds is 3. The Hall–Kier alpha value is -2.58.